The third-order valence-electron chi connectivity index (χ3n) is 7.18. The van der Waals surface area contributed by atoms with Crippen LogP contribution in [0.5, 0.6) is 5.75 Å². The summed E-state index contributed by atoms with van der Waals surface area (Å²) in [5.74, 6) is -2.12. The summed E-state index contributed by atoms with van der Waals surface area (Å²) in [4.78, 5) is 16.0. The smallest absolute Gasteiger partial charge is 0.199 e. The summed E-state index contributed by atoms with van der Waals surface area (Å²) in [5.41, 5.74) is 1.23. The summed E-state index contributed by atoms with van der Waals surface area (Å²) < 4.78 is 53.1. The molecule has 0 spiro atoms. The Hall–Kier alpha value is -4.56. The Morgan fingerprint density at radius 1 is 1.11 bits per heavy atom. The van der Waals surface area contributed by atoms with Crippen LogP contribution in [-0.4, -0.2) is 50.4 Å². The van der Waals surface area contributed by atoms with E-state index in [1.165, 1.54) is 24.7 Å². The zero-order valence-electron chi connectivity index (χ0n) is 24.4. The molecule has 1 heterocycles. The molecule has 44 heavy (non-hydrogen) atoms. The van der Waals surface area contributed by atoms with E-state index < -0.39 is 39.9 Å². The van der Waals surface area contributed by atoms with Gasteiger partial charge in [0.2, 0.25) is 0 Å². The minimum atomic E-state index is -4.18. The first-order valence-corrected chi connectivity index (χ1v) is 15.7. The molecule has 8 nitrogen and oxygen atoms in total. The Morgan fingerprint density at radius 3 is 2.52 bits per heavy atom. The molecule has 0 radical (unpaired) electrons. The fourth-order valence-electron chi connectivity index (χ4n) is 4.86. The quantitative estimate of drug-likeness (QED) is 0.131. The van der Waals surface area contributed by atoms with E-state index in [0.717, 1.165) is 25.2 Å². The van der Waals surface area contributed by atoms with Crippen LogP contribution >= 0.6 is 0 Å². The summed E-state index contributed by atoms with van der Waals surface area (Å²) in [5, 5.41) is 20.4. The lowest BCUT2D eigenvalue weighted by Gasteiger charge is -2.20. The first-order chi connectivity index (χ1) is 21.2. The molecule has 0 saturated heterocycles. The Balaban J connectivity index is 1.85. The van der Waals surface area contributed by atoms with Gasteiger partial charge in [0, 0.05) is 17.7 Å². The van der Waals surface area contributed by atoms with Gasteiger partial charge in [0.25, 0.3) is 0 Å². The van der Waals surface area contributed by atoms with Crippen molar-refractivity contribution in [3.8, 4) is 22.9 Å². The molecule has 0 aliphatic rings. The Labute approximate surface area is 256 Å². The highest BCUT2D eigenvalue weighted by atomic mass is 32.2. The van der Waals surface area contributed by atoms with Crippen LogP contribution in [0.4, 0.5) is 4.39 Å². The number of halogens is 1. The van der Waals surface area contributed by atoms with Crippen molar-refractivity contribution in [2.24, 2.45) is 0 Å². The van der Waals surface area contributed by atoms with Crippen LogP contribution in [0.15, 0.2) is 94.6 Å². The maximum Gasteiger partial charge on any atom is 0.199 e. The Kier molecular flexibility index (Phi) is 10.8. The Bertz CT molecular complexity index is 1760. The largest absolute Gasteiger partial charge is 0.477 e. The number of hydrogen-bond acceptors (Lipinski definition) is 8. The van der Waals surface area contributed by atoms with E-state index in [-0.39, 0.29) is 27.3 Å². The monoisotopic (exact) mass is 616 g/mol. The maximum absolute atomic E-state index is 14.3. The van der Waals surface area contributed by atoms with Crippen molar-refractivity contribution in [2.45, 2.75) is 30.6 Å². The molecule has 1 aromatic heterocycles. The second-order valence-corrected chi connectivity index (χ2v) is 11.9. The average Bonchev–Trinajstić information content (AvgIpc) is 3.56. The molecule has 0 saturated carbocycles. The van der Waals surface area contributed by atoms with Crippen molar-refractivity contribution < 1.29 is 31.9 Å². The molecule has 228 valence electrons. The van der Waals surface area contributed by atoms with Crippen molar-refractivity contribution in [2.75, 3.05) is 26.2 Å². The van der Waals surface area contributed by atoms with Crippen LogP contribution in [0, 0.1) is 17.1 Å². The molecule has 3 aromatic carbocycles. The van der Waals surface area contributed by atoms with Crippen LogP contribution in [0.2, 0.25) is 0 Å². The SMILES string of the molecule is CCN(CC)CC=Cc1cc(F)ccc1S(=O)(=O)Cc1ccc(-c2ccoc2)c(OCC#N)c1C(=O)C(O)c1ccccc1. The number of nitrogens with zero attached hydrogens (tertiary/aromatic N) is 2. The molecule has 0 fully saturated rings. The number of likely N-dealkylation sites (N-methyl/N-ethyl adjacent to an activating group) is 1. The van der Waals surface area contributed by atoms with E-state index in [2.05, 4.69) is 4.90 Å². The minimum Gasteiger partial charge on any atom is -0.477 e. The molecular formula is C34H33FN2O6S. The fraction of sp³-hybridized carbons (Fsp3) is 0.235. The number of furan rings is 1. The summed E-state index contributed by atoms with van der Waals surface area (Å²) in [6.07, 6.45) is 4.54. The number of carbonyl (C=O) groups is 1. The normalized spacial score (nSPS) is 12.4. The number of aliphatic hydroxyl groups excluding tert-OH is 1. The van der Waals surface area contributed by atoms with E-state index in [9.17, 15) is 28.0 Å². The molecule has 1 atom stereocenters. The van der Waals surface area contributed by atoms with Crippen molar-refractivity contribution in [1.82, 2.24) is 4.90 Å². The number of ether oxygens (including phenoxy) is 1. The third kappa shape index (κ3) is 7.50. The molecule has 0 aliphatic carbocycles. The van der Waals surface area contributed by atoms with Crippen molar-refractivity contribution in [1.29, 1.82) is 5.26 Å². The van der Waals surface area contributed by atoms with Gasteiger partial charge in [-0.1, -0.05) is 68.5 Å². The molecule has 1 N–H and O–H groups in total. The van der Waals surface area contributed by atoms with Gasteiger partial charge in [0.15, 0.2) is 22.2 Å². The van der Waals surface area contributed by atoms with Crippen molar-refractivity contribution >= 4 is 21.7 Å². The number of aliphatic hydroxyl groups is 1. The molecule has 0 amide bonds. The van der Waals surface area contributed by atoms with Gasteiger partial charge in [0.05, 0.1) is 28.7 Å². The summed E-state index contributed by atoms with van der Waals surface area (Å²) in [6, 6.07) is 18.2. The number of carbonyl (C=O) groups excluding carboxylic acids is 1. The van der Waals surface area contributed by atoms with Crippen LogP contribution in [0.3, 0.4) is 0 Å². The summed E-state index contributed by atoms with van der Waals surface area (Å²) in [7, 11) is -4.18. The zero-order valence-corrected chi connectivity index (χ0v) is 25.3. The number of hydrogen-bond donors (Lipinski definition) is 1. The first-order valence-electron chi connectivity index (χ1n) is 14.1. The van der Waals surface area contributed by atoms with E-state index in [1.807, 2.05) is 19.9 Å². The van der Waals surface area contributed by atoms with E-state index >= 15 is 0 Å². The van der Waals surface area contributed by atoms with E-state index in [0.29, 0.717) is 23.2 Å². The molecule has 4 aromatic rings. The van der Waals surface area contributed by atoms with Gasteiger partial charge in [-0.05, 0) is 54.0 Å². The molecule has 0 bridgehead atoms. The predicted octanol–water partition coefficient (Wildman–Crippen LogP) is 6.23. The van der Waals surface area contributed by atoms with Gasteiger partial charge in [-0.3, -0.25) is 4.79 Å². The van der Waals surface area contributed by atoms with E-state index in [4.69, 9.17) is 9.15 Å². The number of Topliss-reactive ketones (excluding diaryl/α,β-unsaturated/α-hetero) is 1. The van der Waals surface area contributed by atoms with Crippen LogP contribution in [0.25, 0.3) is 17.2 Å². The number of sulfone groups is 1. The van der Waals surface area contributed by atoms with E-state index in [1.54, 1.807) is 54.6 Å². The lowest BCUT2D eigenvalue weighted by Crippen LogP contribution is -2.22. The van der Waals surface area contributed by atoms with Gasteiger partial charge in [-0.25, -0.2) is 12.8 Å². The first kappa shape index (κ1) is 32.4. The van der Waals surface area contributed by atoms with Gasteiger partial charge in [-0.15, -0.1) is 0 Å². The highest BCUT2D eigenvalue weighted by Crippen LogP contribution is 2.39. The van der Waals surface area contributed by atoms with Crippen molar-refractivity contribution in [3.05, 3.63) is 113 Å². The molecule has 0 aliphatic heterocycles. The number of benzene rings is 3. The van der Waals surface area contributed by atoms with Gasteiger partial charge >= 0.3 is 0 Å². The van der Waals surface area contributed by atoms with Gasteiger partial charge < -0.3 is 19.2 Å². The average molecular weight is 617 g/mol. The second kappa shape index (κ2) is 14.8. The minimum absolute atomic E-state index is 0.0487. The topological polar surface area (TPSA) is 121 Å². The highest BCUT2D eigenvalue weighted by Gasteiger charge is 2.31. The van der Waals surface area contributed by atoms with Crippen molar-refractivity contribution in [3.63, 3.8) is 0 Å². The maximum atomic E-state index is 14.3. The number of rotatable bonds is 14. The zero-order chi connectivity index (χ0) is 31.7. The molecular weight excluding hydrogens is 583 g/mol. The Morgan fingerprint density at radius 2 is 1.86 bits per heavy atom. The fourth-order valence-corrected chi connectivity index (χ4v) is 6.43. The lowest BCUT2D eigenvalue weighted by molar-refractivity contribution is 0.0743. The third-order valence-corrected chi connectivity index (χ3v) is 8.91. The standard InChI is InChI=1S/C34H33FN2O6S/c1-3-37(4-2)18-8-11-25-21-28(35)13-15-30(25)44(40,41)23-27-12-14-29(26-16-19-42-22-26)34(43-20-17-36)31(27)33(39)32(38)24-9-6-5-7-10-24/h5-16,19,21-22,32,38H,3-4,18,20,23H2,1-2H3. The molecule has 10 heteroatoms. The highest BCUT2D eigenvalue weighted by molar-refractivity contribution is 7.90. The number of ketones is 1. The van der Waals surface area contributed by atoms with Gasteiger partial charge in [-0.2, -0.15) is 5.26 Å². The van der Waals surface area contributed by atoms with Crippen LogP contribution < -0.4 is 4.74 Å². The molecule has 4 rings (SSSR count). The van der Waals surface area contributed by atoms with Gasteiger partial charge in [0.1, 0.15) is 23.7 Å². The number of nitriles is 1. The van der Waals surface area contributed by atoms with Crippen LogP contribution in [0.1, 0.15) is 47.0 Å². The lowest BCUT2D eigenvalue weighted by atomic mass is 9.92. The summed E-state index contributed by atoms with van der Waals surface area (Å²) >= 11 is 0. The predicted molar refractivity (Wildman–Crippen MR) is 165 cm³/mol. The molecule has 1 unspecified atom stereocenters. The second-order valence-electron chi connectivity index (χ2n) is 9.94. The summed E-state index contributed by atoms with van der Waals surface area (Å²) in [6.45, 7) is 5.72. The van der Waals surface area contributed by atoms with Crippen LogP contribution in [-0.2, 0) is 15.6 Å².